The van der Waals surface area contributed by atoms with Crippen LogP contribution in [0.5, 0.6) is 5.88 Å². The number of rotatable bonds is 2. The fourth-order valence-corrected chi connectivity index (χ4v) is 2.45. The predicted octanol–water partition coefficient (Wildman–Crippen LogP) is -0.374. The van der Waals surface area contributed by atoms with Crippen molar-refractivity contribution >= 4 is 11.8 Å². The molecule has 19 heavy (non-hydrogen) atoms. The molecule has 1 aromatic heterocycles. The highest BCUT2D eigenvalue weighted by Gasteiger charge is 2.30. The minimum atomic E-state index is -0.226. The predicted molar refractivity (Wildman–Crippen MR) is 65.8 cm³/mol. The molecule has 7 nitrogen and oxygen atoms in total. The van der Waals surface area contributed by atoms with Gasteiger partial charge in [-0.25, -0.2) is 4.68 Å². The summed E-state index contributed by atoms with van der Waals surface area (Å²) in [6.07, 6.45) is 2.78. The van der Waals surface area contributed by atoms with Gasteiger partial charge in [-0.05, 0) is 0 Å². The summed E-state index contributed by atoms with van der Waals surface area (Å²) in [5.74, 6) is 0.358. The van der Waals surface area contributed by atoms with Crippen LogP contribution in [0.15, 0.2) is 6.20 Å². The monoisotopic (exact) mass is 264 g/mol. The first kappa shape index (κ1) is 12.0. The van der Waals surface area contributed by atoms with Gasteiger partial charge in [-0.3, -0.25) is 9.59 Å². The maximum atomic E-state index is 12.2. The molecule has 1 atom stereocenters. The van der Waals surface area contributed by atoms with Crippen LogP contribution in [-0.2, 0) is 11.3 Å². The fraction of sp³-hybridized carbons (Fsp3) is 0.583. The summed E-state index contributed by atoms with van der Waals surface area (Å²) in [6.45, 7) is 1.93. The van der Waals surface area contributed by atoms with E-state index in [4.69, 9.17) is 4.74 Å². The van der Waals surface area contributed by atoms with E-state index in [1.54, 1.807) is 16.6 Å². The lowest BCUT2D eigenvalue weighted by atomic mass is 10.2. The number of fused-ring (bicyclic) bond motifs is 1. The van der Waals surface area contributed by atoms with E-state index in [9.17, 15) is 9.59 Å². The van der Waals surface area contributed by atoms with Crippen molar-refractivity contribution in [2.75, 3.05) is 20.2 Å². The maximum Gasteiger partial charge on any atom is 0.258 e. The number of nitrogens with zero attached hydrogens (tertiary/aromatic N) is 3. The van der Waals surface area contributed by atoms with E-state index < -0.39 is 0 Å². The van der Waals surface area contributed by atoms with Crippen molar-refractivity contribution in [3.63, 3.8) is 0 Å². The van der Waals surface area contributed by atoms with E-state index in [-0.39, 0.29) is 17.9 Å². The topological polar surface area (TPSA) is 76.5 Å². The largest absolute Gasteiger partial charge is 0.477 e. The average molecular weight is 264 g/mol. The lowest BCUT2D eigenvalue weighted by Gasteiger charge is -2.17. The first-order valence-electron chi connectivity index (χ1n) is 6.38. The molecule has 0 aromatic carbocycles. The van der Waals surface area contributed by atoms with Crippen molar-refractivity contribution < 1.29 is 14.3 Å². The Balaban J connectivity index is 1.71. The molecule has 0 bridgehead atoms. The average Bonchev–Trinajstić information content (AvgIpc) is 2.94. The highest BCUT2D eigenvalue weighted by molar-refractivity contribution is 5.97. The third kappa shape index (κ3) is 2.16. The molecule has 1 saturated heterocycles. The Morgan fingerprint density at radius 2 is 2.42 bits per heavy atom. The van der Waals surface area contributed by atoms with Crippen LogP contribution in [0.2, 0.25) is 0 Å². The van der Waals surface area contributed by atoms with E-state index in [2.05, 4.69) is 10.4 Å². The van der Waals surface area contributed by atoms with Crippen LogP contribution in [0.1, 0.15) is 23.2 Å². The van der Waals surface area contributed by atoms with E-state index >= 15 is 0 Å². The molecule has 3 rings (SSSR count). The van der Waals surface area contributed by atoms with Gasteiger partial charge in [0.15, 0.2) is 0 Å². The molecule has 3 heterocycles. The summed E-state index contributed by atoms with van der Waals surface area (Å²) >= 11 is 0. The van der Waals surface area contributed by atoms with Gasteiger partial charge < -0.3 is 15.0 Å². The zero-order valence-electron chi connectivity index (χ0n) is 10.8. The first-order valence-corrected chi connectivity index (χ1v) is 6.38. The van der Waals surface area contributed by atoms with Gasteiger partial charge in [-0.15, -0.1) is 0 Å². The molecule has 1 unspecified atom stereocenters. The van der Waals surface area contributed by atoms with Gasteiger partial charge in [0.05, 0.1) is 18.8 Å². The lowest BCUT2D eigenvalue weighted by molar-refractivity contribution is -0.126. The van der Waals surface area contributed by atoms with Crippen LogP contribution < -0.4 is 10.1 Å². The van der Waals surface area contributed by atoms with E-state index in [0.29, 0.717) is 31.0 Å². The smallest absolute Gasteiger partial charge is 0.258 e. The summed E-state index contributed by atoms with van der Waals surface area (Å²) in [4.78, 5) is 25.2. The first-order chi connectivity index (χ1) is 9.15. The number of carbonyl (C=O) groups is 2. The standard InChI is InChI=1S/C12H16N4O3/c1-15-7-8(5-10(15)17)14-11(18)9-6-13-16-3-2-4-19-12(9)16/h6,8H,2-5,7H2,1H3,(H,14,18). The maximum absolute atomic E-state index is 12.2. The normalized spacial score (nSPS) is 22.1. The summed E-state index contributed by atoms with van der Waals surface area (Å²) in [6, 6.07) is -0.135. The van der Waals surface area contributed by atoms with Gasteiger partial charge in [0.1, 0.15) is 5.56 Å². The van der Waals surface area contributed by atoms with Gasteiger partial charge >= 0.3 is 0 Å². The SMILES string of the molecule is CN1CC(NC(=O)c2cnn3c2OCCC3)CC1=O. The number of nitrogens with one attached hydrogen (secondary N) is 1. The number of hydrogen-bond acceptors (Lipinski definition) is 4. The van der Waals surface area contributed by atoms with Crippen molar-refractivity contribution in [3.8, 4) is 5.88 Å². The van der Waals surface area contributed by atoms with Gasteiger partial charge in [-0.2, -0.15) is 5.10 Å². The molecule has 0 spiro atoms. The second-order valence-corrected chi connectivity index (χ2v) is 4.94. The van der Waals surface area contributed by atoms with Crippen molar-refractivity contribution in [1.82, 2.24) is 20.0 Å². The van der Waals surface area contributed by atoms with Crippen LogP contribution in [0.3, 0.4) is 0 Å². The fourth-order valence-electron chi connectivity index (χ4n) is 2.45. The molecule has 2 amide bonds. The van der Waals surface area contributed by atoms with Crippen LogP contribution in [-0.4, -0.2) is 52.7 Å². The molecule has 102 valence electrons. The number of hydrogen-bond donors (Lipinski definition) is 1. The minimum Gasteiger partial charge on any atom is -0.477 e. The van der Waals surface area contributed by atoms with Gasteiger partial charge in [0, 0.05) is 33.0 Å². The Bertz CT molecular complexity index is 525. The van der Waals surface area contributed by atoms with E-state index in [1.165, 1.54) is 6.20 Å². The van der Waals surface area contributed by atoms with Crippen LogP contribution in [0.4, 0.5) is 0 Å². The zero-order valence-corrected chi connectivity index (χ0v) is 10.8. The van der Waals surface area contributed by atoms with E-state index in [1.807, 2.05) is 0 Å². The number of carbonyl (C=O) groups excluding carboxylic acids is 2. The molecule has 1 fully saturated rings. The molecule has 0 saturated carbocycles. The molecule has 1 N–H and O–H groups in total. The molecule has 0 aliphatic carbocycles. The van der Waals surface area contributed by atoms with Crippen LogP contribution in [0.25, 0.3) is 0 Å². The third-order valence-electron chi connectivity index (χ3n) is 3.46. The molecular weight excluding hydrogens is 248 g/mol. The minimum absolute atomic E-state index is 0.0542. The molecule has 2 aliphatic rings. The number of likely N-dealkylation sites (tertiary alicyclic amines) is 1. The number of aromatic nitrogens is 2. The summed E-state index contributed by atoms with van der Waals surface area (Å²) < 4.78 is 7.18. The van der Waals surface area contributed by atoms with Crippen molar-refractivity contribution in [3.05, 3.63) is 11.8 Å². The summed E-state index contributed by atoms with van der Waals surface area (Å²) in [5.41, 5.74) is 0.446. The number of ether oxygens (including phenoxy) is 1. The second-order valence-electron chi connectivity index (χ2n) is 4.94. The Labute approximate surface area is 110 Å². The van der Waals surface area contributed by atoms with Crippen LogP contribution in [0, 0.1) is 0 Å². The van der Waals surface area contributed by atoms with E-state index in [0.717, 1.165) is 13.0 Å². The van der Waals surface area contributed by atoms with Gasteiger partial charge in [0.2, 0.25) is 11.8 Å². The molecular formula is C12H16N4O3. The third-order valence-corrected chi connectivity index (χ3v) is 3.46. The quantitative estimate of drug-likeness (QED) is 0.790. The number of amides is 2. The highest BCUT2D eigenvalue weighted by Crippen LogP contribution is 2.22. The van der Waals surface area contributed by atoms with Crippen molar-refractivity contribution in [2.24, 2.45) is 0 Å². The highest BCUT2D eigenvalue weighted by atomic mass is 16.5. The molecule has 7 heteroatoms. The molecule has 1 aromatic rings. The second kappa shape index (κ2) is 4.56. The van der Waals surface area contributed by atoms with Crippen molar-refractivity contribution in [1.29, 1.82) is 0 Å². The zero-order chi connectivity index (χ0) is 13.4. The molecule has 0 radical (unpaired) electrons. The Morgan fingerprint density at radius 3 is 3.16 bits per heavy atom. The number of likely N-dealkylation sites (N-methyl/N-ethyl adjacent to an activating group) is 1. The summed E-state index contributed by atoms with van der Waals surface area (Å²) in [7, 11) is 1.74. The van der Waals surface area contributed by atoms with Crippen molar-refractivity contribution in [2.45, 2.75) is 25.4 Å². The Kier molecular flexibility index (Phi) is 2.88. The lowest BCUT2D eigenvalue weighted by Crippen LogP contribution is -2.36. The Hall–Kier alpha value is -2.05. The van der Waals surface area contributed by atoms with Crippen LogP contribution >= 0.6 is 0 Å². The Morgan fingerprint density at radius 1 is 1.58 bits per heavy atom. The number of aryl methyl sites for hydroxylation is 1. The van der Waals surface area contributed by atoms with Gasteiger partial charge in [0.25, 0.3) is 5.91 Å². The van der Waals surface area contributed by atoms with Gasteiger partial charge in [-0.1, -0.05) is 0 Å². The molecule has 2 aliphatic heterocycles. The summed E-state index contributed by atoms with van der Waals surface area (Å²) in [5, 5.41) is 6.99.